The molecule has 0 radical (unpaired) electrons. The molecule has 4 aromatic rings. The Kier molecular flexibility index (Phi) is 10.2. The van der Waals surface area contributed by atoms with Crippen molar-refractivity contribution >= 4 is 64.8 Å². The third-order valence-corrected chi connectivity index (χ3v) is 10.0. The summed E-state index contributed by atoms with van der Waals surface area (Å²) in [5, 5.41) is 42.9. The van der Waals surface area contributed by atoms with Crippen LogP contribution in [-0.2, 0) is 19.7 Å². The van der Waals surface area contributed by atoms with E-state index in [1.807, 2.05) is 0 Å². The van der Waals surface area contributed by atoms with Gasteiger partial charge in [0.25, 0.3) is 5.91 Å². The van der Waals surface area contributed by atoms with Gasteiger partial charge in [-0.1, -0.05) is 19.6 Å². The first-order valence-electron chi connectivity index (χ1n) is 13.9. The lowest BCUT2D eigenvalue weighted by Gasteiger charge is -2.16. The Morgan fingerprint density at radius 1 is 0.913 bits per heavy atom. The molecule has 0 saturated carbocycles. The molecule has 13 nitrogen and oxygen atoms in total. The zero-order chi connectivity index (χ0) is 33.6. The summed E-state index contributed by atoms with van der Waals surface area (Å²) in [6.07, 6.45) is 0. The molecule has 0 bridgehead atoms. The molecule has 4 aromatic carbocycles. The zero-order valence-corrected chi connectivity index (χ0v) is 26.9. The molecule has 0 atom stereocenters. The maximum atomic E-state index is 12.9. The van der Waals surface area contributed by atoms with E-state index >= 15 is 0 Å². The Morgan fingerprint density at radius 3 is 2.28 bits per heavy atom. The monoisotopic (exact) mass is 664 g/mol. The SMILES string of the molecule is C=CS(=O)(=O)CCN(C)C(=O)c1cccc(N=Nc2c(NC)ccc3c(O)c(N=Nc4ccc(S(=O)(=O)CC)cc4O)ccc23)c1. The van der Waals surface area contributed by atoms with E-state index in [0.717, 1.165) is 11.5 Å². The first kappa shape index (κ1) is 33.7. The van der Waals surface area contributed by atoms with Crippen LogP contribution in [0, 0.1) is 0 Å². The molecule has 4 rings (SSSR count). The third kappa shape index (κ3) is 7.55. The summed E-state index contributed by atoms with van der Waals surface area (Å²) in [6, 6.07) is 16.7. The number of benzene rings is 4. The molecular weight excluding hydrogens is 633 g/mol. The molecule has 0 aromatic heterocycles. The number of hydrogen-bond donors (Lipinski definition) is 3. The highest BCUT2D eigenvalue weighted by Gasteiger charge is 2.17. The molecule has 0 heterocycles. The van der Waals surface area contributed by atoms with Crippen LogP contribution in [-0.4, -0.2) is 70.0 Å². The van der Waals surface area contributed by atoms with Crippen LogP contribution in [0.5, 0.6) is 11.5 Å². The summed E-state index contributed by atoms with van der Waals surface area (Å²) in [4.78, 5) is 14.2. The molecule has 0 aliphatic rings. The third-order valence-electron chi connectivity index (χ3n) is 7.01. The minimum atomic E-state index is -3.52. The van der Waals surface area contributed by atoms with Gasteiger partial charge in [-0.2, -0.15) is 5.11 Å². The van der Waals surface area contributed by atoms with Crippen LogP contribution in [0.4, 0.5) is 28.4 Å². The number of anilines is 1. The number of phenols is 2. The van der Waals surface area contributed by atoms with Crippen molar-refractivity contribution in [3.8, 4) is 11.5 Å². The van der Waals surface area contributed by atoms with Crippen molar-refractivity contribution in [2.75, 3.05) is 37.5 Å². The number of rotatable bonds is 12. The Bertz CT molecular complexity index is 2100. The maximum Gasteiger partial charge on any atom is 0.253 e. The number of azo groups is 2. The standard InChI is InChI=1S/C31H32N6O7S2/c1-5-45(41,42)17-16-37(4)31(40)20-8-7-9-21(18-20)33-36-29-23-11-15-27(30(39)24(23)12-14-26(29)32-3)35-34-25-13-10-22(19-28(25)38)46(43,44)6-2/h5,7-15,18-19,32,38-39H,1,6,16-17H2,2-4H3. The Morgan fingerprint density at radius 2 is 1.61 bits per heavy atom. The number of nitrogens with one attached hydrogen (secondary N) is 1. The van der Waals surface area contributed by atoms with Crippen molar-refractivity contribution in [1.29, 1.82) is 0 Å². The lowest BCUT2D eigenvalue weighted by Crippen LogP contribution is -2.31. The molecule has 240 valence electrons. The molecule has 1 amide bonds. The van der Waals surface area contributed by atoms with Crippen LogP contribution in [0.15, 0.2) is 104 Å². The van der Waals surface area contributed by atoms with Crippen LogP contribution >= 0.6 is 0 Å². The summed E-state index contributed by atoms with van der Waals surface area (Å²) in [5.74, 6) is -1.34. The fourth-order valence-corrected chi connectivity index (χ4v) is 5.88. The van der Waals surface area contributed by atoms with Gasteiger partial charge in [0.2, 0.25) is 0 Å². The number of aromatic hydroxyl groups is 2. The van der Waals surface area contributed by atoms with Gasteiger partial charge in [0.05, 0.1) is 27.8 Å². The van der Waals surface area contributed by atoms with Crippen molar-refractivity contribution in [1.82, 2.24) is 4.90 Å². The van der Waals surface area contributed by atoms with E-state index in [1.54, 1.807) is 43.4 Å². The van der Waals surface area contributed by atoms with Crippen molar-refractivity contribution in [2.24, 2.45) is 20.5 Å². The Balaban J connectivity index is 1.62. The highest BCUT2D eigenvalue weighted by atomic mass is 32.2. The predicted molar refractivity (Wildman–Crippen MR) is 177 cm³/mol. The Labute approximate surface area is 266 Å². The van der Waals surface area contributed by atoms with Gasteiger partial charge in [-0.15, -0.1) is 15.3 Å². The van der Waals surface area contributed by atoms with Gasteiger partial charge >= 0.3 is 0 Å². The second kappa shape index (κ2) is 13.9. The van der Waals surface area contributed by atoms with Crippen LogP contribution < -0.4 is 5.32 Å². The first-order chi connectivity index (χ1) is 21.8. The van der Waals surface area contributed by atoms with Crippen LogP contribution in [0.25, 0.3) is 10.8 Å². The van der Waals surface area contributed by atoms with Crippen molar-refractivity contribution in [3.63, 3.8) is 0 Å². The molecule has 0 spiro atoms. The van der Waals surface area contributed by atoms with Gasteiger partial charge < -0.3 is 20.4 Å². The average Bonchev–Trinajstić information content (AvgIpc) is 3.05. The second-order valence-electron chi connectivity index (χ2n) is 10.0. The second-order valence-corrected chi connectivity index (χ2v) is 14.4. The number of amides is 1. The van der Waals surface area contributed by atoms with Crippen LogP contribution in [0.2, 0.25) is 0 Å². The smallest absolute Gasteiger partial charge is 0.253 e. The van der Waals surface area contributed by atoms with E-state index in [1.165, 1.54) is 43.1 Å². The normalized spacial score (nSPS) is 12.2. The summed E-state index contributed by atoms with van der Waals surface area (Å²) in [5.41, 5.74) is 1.77. The quantitative estimate of drug-likeness (QED) is 0.142. The van der Waals surface area contributed by atoms with Gasteiger partial charge in [0.1, 0.15) is 22.8 Å². The number of phenolic OH excluding ortho intramolecular Hbond substituents is 2. The number of sulfone groups is 2. The highest BCUT2D eigenvalue weighted by Crippen LogP contribution is 2.43. The molecule has 15 heteroatoms. The molecule has 0 unspecified atom stereocenters. The molecule has 0 fully saturated rings. The summed E-state index contributed by atoms with van der Waals surface area (Å²) in [6.45, 7) is 4.77. The molecule has 46 heavy (non-hydrogen) atoms. The highest BCUT2D eigenvalue weighted by molar-refractivity contribution is 7.94. The van der Waals surface area contributed by atoms with Crippen molar-refractivity contribution in [2.45, 2.75) is 11.8 Å². The number of nitrogens with zero attached hydrogens (tertiary/aromatic N) is 5. The van der Waals surface area contributed by atoms with Gasteiger partial charge in [-0.25, -0.2) is 16.8 Å². The molecule has 3 N–H and O–H groups in total. The lowest BCUT2D eigenvalue weighted by molar-refractivity contribution is 0.0803. The van der Waals surface area contributed by atoms with E-state index in [2.05, 4.69) is 32.4 Å². The Hall–Kier alpha value is -5.15. The number of hydrogen-bond acceptors (Lipinski definition) is 12. The van der Waals surface area contributed by atoms with Gasteiger partial charge in [-0.05, 0) is 54.6 Å². The van der Waals surface area contributed by atoms with Crippen LogP contribution in [0.3, 0.4) is 0 Å². The topological polar surface area (TPSA) is 191 Å². The molecular formula is C31H32N6O7S2. The zero-order valence-electron chi connectivity index (χ0n) is 25.2. The van der Waals surface area contributed by atoms with E-state index in [-0.39, 0.29) is 51.7 Å². The van der Waals surface area contributed by atoms with E-state index in [9.17, 15) is 31.8 Å². The fraction of sp³-hybridized carbons (Fsp3) is 0.194. The van der Waals surface area contributed by atoms with E-state index in [4.69, 9.17) is 0 Å². The summed E-state index contributed by atoms with van der Waals surface area (Å²) in [7, 11) is -3.77. The summed E-state index contributed by atoms with van der Waals surface area (Å²) < 4.78 is 47.6. The lowest BCUT2D eigenvalue weighted by atomic mass is 10.1. The first-order valence-corrected chi connectivity index (χ1v) is 17.2. The maximum absolute atomic E-state index is 12.9. The van der Waals surface area contributed by atoms with E-state index < -0.39 is 19.7 Å². The molecule has 0 saturated heterocycles. The van der Waals surface area contributed by atoms with Crippen molar-refractivity contribution in [3.05, 3.63) is 84.3 Å². The predicted octanol–water partition coefficient (Wildman–Crippen LogP) is 6.55. The van der Waals surface area contributed by atoms with Crippen LogP contribution in [0.1, 0.15) is 17.3 Å². The minimum absolute atomic E-state index is 0.0117. The largest absolute Gasteiger partial charge is 0.506 e. The van der Waals surface area contributed by atoms with Crippen molar-refractivity contribution < 1.29 is 31.8 Å². The molecule has 0 aliphatic carbocycles. The fourth-order valence-electron chi connectivity index (χ4n) is 4.29. The number of carbonyl (C=O) groups is 1. The number of fused-ring (bicyclic) bond motifs is 1. The minimum Gasteiger partial charge on any atom is -0.506 e. The van der Waals surface area contributed by atoms with E-state index in [0.29, 0.717) is 33.4 Å². The van der Waals surface area contributed by atoms with Gasteiger partial charge in [0.15, 0.2) is 25.4 Å². The van der Waals surface area contributed by atoms with Gasteiger partial charge in [0, 0.05) is 48.5 Å². The average molecular weight is 665 g/mol. The summed E-state index contributed by atoms with van der Waals surface area (Å²) >= 11 is 0. The number of carbonyl (C=O) groups excluding carboxylic acids is 1. The van der Waals surface area contributed by atoms with Gasteiger partial charge in [-0.3, -0.25) is 4.79 Å². The molecule has 0 aliphatic heterocycles.